The Kier molecular flexibility index (Phi) is 7.09. The number of rotatable bonds is 6. The van der Waals surface area contributed by atoms with Crippen molar-refractivity contribution in [2.75, 3.05) is 32.8 Å². The molecule has 0 unspecified atom stereocenters. The van der Waals surface area contributed by atoms with E-state index in [0.717, 1.165) is 24.8 Å². The van der Waals surface area contributed by atoms with Crippen molar-refractivity contribution in [2.45, 2.75) is 45.1 Å². The van der Waals surface area contributed by atoms with Crippen molar-refractivity contribution in [3.63, 3.8) is 0 Å². The smallest absolute Gasteiger partial charge is 0.257 e. The van der Waals surface area contributed by atoms with Gasteiger partial charge in [-0.3, -0.25) is 9.59 Å². The average Bonchev–Trinajstić information content (AvgIpc) is 3.30. The van der Waals surface area contributed by atoms with E-state index in [1.165, 1.54) is 12.1 Å². The van der Waals surface area contributed by atoms with Gasteiger partial charge in [0.2, 0.25) is 5.91 Å². The van der Waals surface area contributed by atoms with Crippen LogP contribution in [0.2, 0.25) is 0 Å². The van der Waals surface area contributed by atoms with Crippen LogP contribution in [0.4, 0.5) is 4.39 Å². The number of hydrogen-bond acceptors (Lipinski definition) is 5. The predicted molar refractivity (Wildman–Crippen MR) is 117 cm³/mol. The Hall–Kier alpha value is -2.87. The molecule has 32 heavy (non-hydrogen) atoms. The van der Waals surface area contributed by atoms with Crippen molar-refractivity contribution in [1.29, 1.82) is 0 Å². The van der Waals surface area contributed by atoms with Gasteiger partial charge in [-0.25, -0.2) is 14.4 Å². The van der Waals surface area contributed by atoms with Gasteiger partial charge >= 0.3 is 0 Å². The van der Waals surface area contributed by atoms with E-state index >= 15 is 0 Å². The molecule has 7 nitrogen and oxygen atoms in total. The van der Waals surface area contributed by atoms with E-state index in [1.807, 2.05) is 4.90 Å². The molecule has 8 heteroatoms. The largest absolute Gasteiger partial charge is 0.378 e. The van der Waals surface area contributed by atoms with E-state index in [9.17, 15) is 14.0 Å². The second-order valence-electron chi connectivity index (χ2n) is 8.35. The van der Waals surface area contributed by atoms with Crippen molar-refractivity contribution < 1.29 is 18.7 Å². The summed E-state index contributed by atoms with van der Waals surface area (Å²) in [6.45, 7) is 4.60. The Bertz CT molecular complexity index is 960. The summed E-state index contributed by atoms with van der Waals surface area (Å²) in [5.74, 6) is 0.302. The van der Waals surface area contributed by atoms with Gasteiger partial charge in [-0.05, 0) is 50.3 Å². The van der Waals surface area contributed by atoms with Gasteiger partial charge in [0.1, 0.15) is 11.6 Å². The zero-order chi connectivity index (χ0) is 22.5. The highest BCUT2D eigenvalue weighted by Gasteiger charge is 2.34. The second-order valence-corrected chi connectivity index (χ2v) is 8.35. The summed E-state index contributed by atoms with van der Waals surface area (Å²) in [7, 11) is 0. The maximum absolute atomic E-state index is 13.2. The molecular formula is C24H29FN4O3. The van der Waals surface area contributed by atoms with E-state index in [4.69, 9.17) is 4.74 Å². The highest BCUT2D eigenvalue weighted by molar-refractivity contribution is 5.95. The van der Waals surface area contributed by atoms with Crippen LogP contribution >= 0.6 is 0 Å². The molecule has 2 aliphatic heterocycles. The van der Waals surface area contributed by atoms with Gasteiger partial charge < -0.3 is 14.5 Å². The van der Waals surface area contributed by atoms with E-state index < -0.39 is 0 Å². The van der Waals surface area contributed by atoms with Crippen molar-refractivity contribution in [2.24, 2.45) is 0 Å². The molecule has 170 valence electrons. The maximum Gasteiger partial charge on any atom is 0.257 e. The highest BCUT2D eigenvalue weighted by Crippen LogP contribution is 2.34. The van der Waals surface area contributed by atoms with Crippen LogP contribution in [0.3, 0.4) is 0 Å². The highest BCUT2D eigenvalue weighted by atomic mass is 19.1. The van der Waals surface area contributed by atoms with Crippen molar-refractivity contribution in [3.8, 4) is 0 Å². The summed E-state index contributed by atoms with van der Waals surface area (Å²) < 4.78 is 18.4. The van der Waals surface area contributed by atoms with Crippen molar-refractivity contribution in [3.05, 3.63) is 58.9 Å². The van der Waals surface area contributed by atoms with Gasteiger partial charge in [0.15, 0.2) is 0 Å². The van der Waals surface area contributed by atoms with Crippen LogP contribution in [-0.4, -0.2) is 64.4 Å². The first kappa shape index (κ1) is 22.3. The number of morpholine rings is 1. The molecule has 1 aromatic heterocycles. The van der Waals surface area contributed by atoms with Crippen LogP contribution in [0, 0.1) is 12.7 Å². The minimum Gasteiger partial charge on any atom is -0.378 e. The normalized spacial score (nSPS) is 18.8. The quantitative estimate of drug-likeness (QED) is 0.690. The lowest BCUT2D eigenvalue weighted by atomic mass is 10.0. The summed E-state index contributed by atoms with van der Waals surface area (Å²) in [6, 6.07) is 6.18. The maximum atomic E-state index is 13.2. The van der Waals surface area contributed by atoms with Crippen molar-refractivity contribution >= 4 is 11.8 Å². The molecule has 2 fully saturated rings. The molecule has 2 amide bonds. The third-order valence-electron chi connectivity index (χ3n) is 6.13. The number of amides is 2. The lowest BCUT2D eigenvalue weighted by Crippen LogP contribution is -2.41. The molecule has 4 rings (SSSR count). The first-order valence-electron chi connectivity index (χ1n) is 11.3. The minimum absolute atomic E-state index is 0.0654. The SMILES string of the molecule is Cc1ncc(C(=O)N2CCOCC2)c([C@H]2CCCN2C(=O)CCCc2ccc(F)cc2)n1. The predicted octanol–water partition coefficient (Wildman–Crippen LogP) is 3.08. The molecule has 0 bridgehead atoms. The van der Waals surface area contributed by atoms with Gasteiger partial charge in [0.05, 0.1) is 30.5 Å². The molecule has 0 aliphatic carbocycles. The molecule has 2 aliphatic rings. The van der Waals surface area contributed by atoms with Crippen LogP contribution in [-0.2, 0) is 16.0 Å². The molecule has 0 radical (unpaired) electrons. The van der Waals surface area contributed by atoms with Crippen LogP contribution in [0.5, 0.6) is 0 Å². The third kappa shape index (κ3) is 5.12. The number of aromatic nitrogens is 2. The van der Waals surface area contributed by atoms with Crippen LogP contribution in [0.15, 0.2) is 30.5 Å². The molecule has 2 aromatic rings. The fraction of sp³-hybridized carbons (Fsp3) is 0.500. The average molecular weight is 441 g/mol. The number of aryl methyl sites for hydroxylation is 2. The lowest BCUT2D eigenvalue weighted by Gasteiger charge is -2.29. The fourth-order valence-electron chi connectivity index (χ4n) is 4.43. The first-order valence-corrected chi connectivity index (χ1v) is 11.3. The number of nitrogens with zero attached hydrogens (tertiary/aromatic N) is 4. The lowest BCUT2D eigenvalue weighted by molar-refractivity contribution is -0.132. The molecule has 0 N–H and O–H groups in total. The van der Waals surface area contributed by atoms with Gasteiger partial charge in [-0.2, -0.15) is 0 Å². The van der Waals surface area contributed by atoms with Crippen LogP contribution < -0.4 is 0 Å². The topological polar surface area (TPSA) is 75.6 Å². The zero-order valence-corrected chi connectivity index (χ0v) is 18.4. The van der Waals surface area contributed by atoms with Gasteiger partial charge in [0.25, 0.3) is 5.91 Å². The number of halogens is 1. The molecule has 0 spiro atoms. The number of likely N-dealkylation sites (tertiary alicyclic amines) is 1. The molecule has 3 heterocycles. The second kappa shape index (κ2) is 10.2. The summed E-state index contributed by atoms with van der Waals surface area (Å²) in [5.41, 5.74) is 2.15. The van der Waals surface area contributed by atoms with Crippen LogP contribution in [0.1, 0.15) is 59.2 Å². The molecule has 2 saturated heterocycles. The number of carbonyl (C=O) groups excluding carboxylic acids is 2. The third-order valence-corrected chi connectivity index (χ3v) is 6.13. The molecule has 0 saturated carbocycles. The number of benzene rings is 1. The number of ether oxygens (including phenoxy) is 1. The molecular weight excluding hydrogens is 411 g/mol. The van der Waals surface area contributed by atoms with E-state index in [2.05, 4.69) is 9.97 Å². The number of carbonyl (C=O) groups is 2. The standard InChI is InChI=1S/C24H29FN4O3/c1-17-26-16-20(24(31)28-12-14-32-15-13-28)23(27-17)21-5-3-11-29(21)22(30)6-2-4-18-7-9-19(25)10-8-18/h7-10,16,21H,2-6,11-15H2,1H3/t21-/m1/s1. The summed E-state index contributed by atoms with van der Waals surface area (Å²) in [4.78, 5) is 38.7. The van der Waals surface area contributed by atoms with Crippen LogP contribution in [0.25, 0.3) is 0 Å². The first-order chi connectivity index (χ1) is 15.5. The van der Waals surface area contributed by atoms with Gasteiger partial charge in [0, 0.05) is 32.3 Å². The van der Waals surface area contributed by atoms with Gasteiger partial charge in [-0.15, -0.1) is 0 Å². The summed E-state index contributed by atoms with van der Waals surface area (Å²) >= 11 is 0. The fourth-order valence-corrected chi connectivity index (χ4v) is 4.43. The Labute approximate surface area is 187 Å². The summed E-state index contributed by atoms with van der Waals surface area (Å²) in [5, 5.41) is 0. The van der Waals surface area contributed by atoms with Gasteiger partial charge in [-0.1, -0.05) is 12.1 Å². The van der Waals surface area contributed by atoms with E-state index in [0.29, 0.717) is 62.8 Å². The zero-order valence-electron chi connectivity index (χ0n) is 18.4. The monoisotopic (exact) mass is 440 g/mol. The van der Waals surface area contributed by atoms with Crippen molar-refractivity contribution in [1.82, 2.24) is 19.8 Å². The summed E-state index contributed by atoms with van der Waals surface area (Å²) in [6.07, 6.45) is 5.08. The molecule has 1 aromatic carbocycles. The van der Waals surface area contributed by atoms with E-state index in [1.54, 1.807) is 30.2 Å². The van der Waals surface area contributed by atoms with E-state index in [-0.39, 0.29) is 23.7 Å². The Morgan fingerprint density at radius 1 is 1.16 bits per heavy atom. The Morgan fingerprint density at radius 2 is 1.91 bits per heavy atom. The Balaban J connectivity index is 1.46. The minimum atomic E-state index is -0.257. The Morgan fingerprint density at radius 3 is 2.66 bits per heavy atom. The molecule has 1 atom stereocenters. The number of hydrogen-bond donors (Lipinski definition) is 0.